The molecule has 1 aromatic carbocycles. The van der Waals surface area contributed by atoms with Crippen molar-refractivity contribution in [1.82, 2.24) is 4.57 Å². The molecule has 2 N–H and O–H groups in total. The zero-order chi connectivity index (χ0) is 23.1. The molecule has 2 heterocycles. The van der Waals surface area contributed by atoms with Crippen LogP contribution in [0.2, 0.25) is 0 Å². The molecule has 0 aliphatic rings. The molecule has 0 aliphatic heterocycles. The Morgan fingerprint density at radius 3 is 2.50 bits per heavy atom. The van der Waals surface area contributed by atoms with Gasteiger partial charge in [0.05, 0.1) is 26.7 Å². The molecule has 0 bridgehead atoms. The van der Waals surface area contributed by atoms with Crippen molar-refractivity contribution in [1.29, 1.82) is 0 Å². The molecule has 0 unspecified atom stereocenters. The van der Waals surface area contributed by atoms with Gasteiger partial charge in [0.25, 0.3) is 0 Å². The van der Waals surface area contributed by atoms with E-state index < -0.39 is 12.1 Å². The molecule has 3 aromatic rings. The number of aromatic nitrogens is 1. The number of hydrogen-bond donors (Lipinski definition) is 2. The number of carboxylic acids is 1. The molecule has 7 heteroatoms. The van der Waals surface area contributed by atoms with E-state index in [9.17, 15) is 9.90 Å². The maximum absolute atomic E-state index is 11.4. The zero-order valence-corrected chi connectivity index (χ0v) is 19.6. The van der Waals surface area contributed by atoms with Crippen molar-refractivity contribution in [3.05, 3.63) is 69.7 Å². The zero-order valence-electron chi connectivity index (χ0n) is 18.8. The highest BCUT2D eigenvalue weighted by Gasteiger charge is 2.24. The maximum atomic E-state index is 11.4. The normalized spacial score (nSPS) is 13.0. The molecular formula is C25H31NO5S. The summed E-state index contributed by atoms with van der Waals surface area (Å²) < 4.78 is 13.0. The predicted molar refractivity (Wildman–Crippen MR) is 126 cm³/mol. The average molecular weight is 458 g/mol. The summed E-state index contributed by atoms with van der Waals surface area (Å²) in [7, 11) is 3.22. The van der Waals surface area contributed by atoms with Crippen LogP contribution in [-0.4, -0.2) is 35.0 Å². The van der Waals surface area contributed by atoms with Crippen LogP contribution in [0.15, 0.2) is 48.1 Å². The van der Waals surface area contributed by atoms with Gasteiger partial charge in [-0.25, -0.2) is 0 Å². The second-order valence-electron chi connectivity index (χ2n) is 8.01. The van der Waals surface area contributed by atoms with Gasteiger partial charge in [0.2, 0.25) is 0 Å². The number of aliphatic carboxylic acids is 1. The van der Waals surface area contributed by atoms with Crippen LogP contribution in [-0.2, 0) is 24.2 Å². The number of aliphatic hydroxyl groups is 1. The van der Waals surface area contributed by atoms with Crippen molar-refractivity contribution in [3.63, 3.8) is 0 Å². The number of nitrogens with zero attached hydrogens (tertiary/aromatic N) is 1. The van der Waals surface area contributed by atoms with E-state index in [4.69, 9.17) is 14.6 Å². The third kappa shape index (κ3) is 6.14. The lowest BCUT2D eigenvalue weighted by atomic mass is 9.90. The van der Waals surface area contributed by atoms with Crippen molar-refractivity contribution in [2.24, 2.45) is 5.92 Å². The summed E-state index contributed by atoms with van der Waals surface area (Å²) in [6, 6.07) is 9.76. The van der Waals surface area contributed by atoms with Gasteiger partial charge in [-0.15, -0.1) is 11.3 Å². The highest BCUT2D eigenvalue weighted by molar-refractivity contribution is 7.09. The lowest BCUT2D eigenvalue weighted by Gasteiger charge is -2.25. The van der Waals surface area contributed by atoms with E-state index in [1.54, 1.807) is 25.6 Å². The van der Waals surface area contributed by atoms with Crippen LogP contribution in [0.1, 0.15) is 40.5 Å². The maximum Gasteiger partial charge on any atom is 0.307 e. The number of methoxy groups -OCH3 is 2. The van der Waals surface area contributed by atoms with E-state index in [0.717, 1.165) is 36.0 Å². The molecule has 172 valence electrons. The van der Waals surface area contributed by atoms with Gasteiger partial charge in [-0.3, -0.25) is 4.79 Å². The smallest absolute Gasteiger partial charge is 0.307 e. The molecule has 2 atom stereocenters. The molecule has 6 nitrogen and oxygen atoms in total. The number of ether oxygens (including phenoxy) is 2. The third-order valence-corrected chi connectivity index (χ3v) is 6.69. The van der Waals surface area contributed by atoms with Crippen LogP contribution in [0, 0.1) is 12.8 Å². The number of aryl methyl sites for hydroxylation is 1. The SMILES string of the molecule is COc1cc([C@@H](O)[C@@H](CCCc2cccs2)Cn2ccc(CC(=O)O)c2)cc(OC)c1C. The minimum atomic E-state index is -0.853. The van der Waals surface area contributed by atoms with Gasteiger partial charge in [-0.1, -0.05) is 6.07 Å². The molecule has 0 radical (unpaired) electrons. The molecule has 0 aliphatic carbocycles. The van der Waals surface area contributed by atoms with Crippen molar-refractivity contribution >= 4 is 17.3 Å². The number of rotatable bonds is 12. The van der Waals surface area contributed by atoms with Crippen LogP contribution in [0.5, 0.6) is 11.5 Å². The first-order chi connectivity index (χ1) is 15.4. The van der Waals surface area contributed by atoms with Gasteiger partial charge < -0.3 is 24.3 Å². The average Bonchev–Trinajstić information content (AvgIpc) is 3.44. The summed E-state index contributed by atoms with van der Waals surface area (Å²) in [4.78, 5) is 12.4. The Bertz CT molecular complexity index is 986. The topological polar surface area (TPSA) is 80.9 Å². The fourth-order valence-electron chi connectivity index (χ4n) is 4.05. The molecule has 2 aromatic heterocycles. The molecule has 0 saturated heterocycles. The molecule has 0 amide bonds. The number of hydrogen-bond acceptors (Lipinski definition) is 5. The summed E-state index contributed by atoms with van der Waals surface area (Å²) in [5.41, 5.74) is 2.40. The Kier molecular flexibility index (Phi) is 8.36. The second kappa shape index (κ2) is 11.2. The minimum absolute atomic E-state index is 0.00897. The van der Waals surface area contributed by atoms with Crippen molar-refractivity contribution in [3.8, 4) is 11.5 Å². The molecule has 32 heavy (non-hydrogen) atoms. The Balaban J connectivity index is 1.81. The fraction of sp³-hybridized carbons (Fsp3) is 0.400. The van der Waals surface area contributed by atoms with Crippen LogP contribution in [0.4, 0.5) is 0 Å². The molecular weight excluding hydrogens is 426 g/mol. The third-order valence-electron chi connectivity index (χ3n) is 5.75. The molecule has 0 fully saturated rings. The first-order valence-electron chi connectivity index (χ1n) is 10.7. The van der Waals surface area contributed by atoms with Gasteiger partial charge in [0, 0.05) is 35.3 Å². The number of thiophene rings is 1. The van der Waals surface area contributed by atoms with Crippen LogP contribution in [0.25, 0.3) is 0 Å². The van der Waals surface area contributed by atoms with Crippen molar-refractivity contribution < 1.29 is 24.5 Å². The van der Waals surface area contributed by atoms with Gasteiger partial charge in [-0.2, -0.15) is 0 Å². The molecule has 0 spiro atoms. The van der Waals surface area contributed by atoms with E-state index in [-0.39, 0.29) is 12.3 Å². The van der Waals surface area contributed by atoms with Crippen molar-refractivity contribution in [2.45, 2.75) is 45.3 Å². The Morgan fingerprint density at radius 1 is 1.19 bits per heavy atom. The summed E-state index contributed by atoms with van der Waals surface area (Å²) in [5.74, 6) is 0.451. The van der Waals surface area contributed by atoms with E-state index in [1.165, 1.54) is 4.88 Å². The monoisotopic (exact) mass is 457 g/mol. The quantitative estimate of drug-likeness (QED) is 0.405. The first-order valence-corrected chi connectivity index (χ1v) is 11.6. The first kappa shape index (κ1) is 23.9. The van der Waals surface area contributed by atoms with E-state index >= 15 is 0 Å². The Hall–Kier alpha value is -2.77. The summed E-state index contributed by atoms with van der Waals surface area (Å²) >= 11 is 1.75. The second-order valence-corrected chi connectivity index (χ2v) is 9.05. The predicted octanol–water partition coefficient (Wildman–Crippen LogP) is 4.88. The fourth-order valence-corrected chi connectivity index (χ4v) is 4.80. The molecule has 0 saturated carbocycles. The van der Waals surface area contributed by atoms with Crippen molar-refractivity contribution in [2.75, 3.05) is 14.2 Å². The summed E-state index contributed by atoms with van der Waals surface area (Å²) in [5, 5.41) is 22.5. The van der Waals surface area contributed by atoms with Gasteiger partial charge in [0.15, 0.2) is 0 Å². The van der Waals surface area contributed by atoms with Gasteiger partial charge >= 0.3 is 5.97 Å². The van der Waals surface area contributed by atoms with E-state index in [0.29, 0.717) is 18.0 Å². The number of carbonyl (C=O) groups is 1. The number of carboxylic acid groups (broad SMARTS) is 1. The van der Waals surface area contributed by atoms with Gasteiger partial charge in [0.1, 0.15) is 11.5 Å². The Labute approximate surface area is 193 Å². The standard InChI is InChI=1S/C25H31NO5S/c1-17-22(30-2)13-20(14-23(17)31-3)25(29)19(6-4-7-21-8-5-11-32-21)16-26-10-9-18(15-26)12-24(27)28/h5,8-11,13-15,19,25,29H,4,6-7,12,16H2,1-3H3,(H,27,28)/t19-,25-/m0/s1. The largest absolute Gasteiger partial charge is 0.496 e. The molecule has 3 rings (SSSR count). The van der Waals surface area contributed by atoms with E-state index in [1.807, 2.05) is 42.1 Å². The number of benzene rings is 1. The van der Waals surface area contributed by atoms with Crippen LogP contribution >= 0.6 is 11.3 Å². The number of aliphatic hydroxyl groups excluding tert-OH is 1. The van der Waals surface area contributed by atoms with Crippen LogP contribution < -0.4 is 9.47 Å². The van der Waals surface area contributed by atoms with Gasteiger partial charge in [-0.05, 0) is 67.0 Å². The summed E-state index contributed by atoms with van der Waals surface area (Å²) in [6.45, 7) is 2.51. The van der Waals surface area contributed by atoms with Crippen LogP contribution in [0.3, 0.4) is 0 Å². The lowest BCUT2D eigenvalue weighted by Crippen LogP contribution is -2.19. The Morgan fingerprint density at radius 2 is 1.91 bits per heavy atom. The minimum Gasteiger partial charge on any atom is -0.496 e. The summed E-state index contributed by atoms with van der Waals surface area (Å²) in [6.07, 6.45) is 5.75. The lowest BCUT2D eigenvalue weighted by molar-refractivity contribution is -0.136. The van der Waals surface area contributed by atoms with E-state index in [2.05, 4.69) is 17.5 Å². The highest BCUT2D eigenvalue weighted by atomic mass is 32.1. The highest BCUT2D eigenvalue weighted by Crippen LogP contribution is 2.36.